The molecule has 61 valence electrons. The van der Waals surface area contributed by atoms with Crippen molar-refractivity contribution in [3.05, 3.63) is 18.4 Å². The molecule has 0 aromatic carbocycles. The molecule has 0 aliphatic rings. The molecule has 1 aromatic rings. The maximum absolute atomic E-state index is 9.95. The van der Waals surface area contributed by atoms with E-state index in [0.29, 0.717) is 0 Å². The molecule has 0 unspecified atom stereocenters. The zero-order valence-electron chi connectivity index (χ0n) is 5.17. The summed E-state index contributed by atoms with van der Waals surface area (Å²) in [6, 6.07) is 2.82. The number of hydrogen-bond acceptors (Lipinski definition) is 4. The normalized spacial score (nSPS) is 11.4. The third-order valence-electron chi connectivity index (χ3n) is 0.717. The van der Waals surface area contributed by atoms with E-state index in [0.717, 1.165) is 0 Å². The highest BCUT2D eigenvalue weighted by Gasteiger charge is 2.08. The Morgan fingerprint density at radius 1 is 1.64 bits per heavy atom. The second kappa shape index (κ2) is 2.91. The molecular weight excluding hydrogens is 174 g/mol. The Kier molecular flexibility index (Phi) is 2.13. The summed E-state index contributed by atoms with van der Waals surface area (Å²) in [7, 11) is -4.46. The summed E-state index contributed by atoms with van der Waals surface area (Å²) in [5.74, 6) is -0.109. The third-order valence-corrected chi connectivity index (χ3v) is 0.979. The Morgan fingerprint density at radius 3 is 2.82 bits per heavy atom. The maximum Gasteiger partial charge on any atom is 0.386 e. The van der Waals surface area contributed by atoms with Gasteiger partial charge in [0, 0.05) is 6.07 Å². The van der Waals surface area contributed by atoms with Crippen molar-refractivity contribution in [3.63, 3.8) is 0 Å². The second-order valence-corrected chi connectivity index (χ2v) is 2.59. The van der Waals surface area contributed by atoms with E-state index in [9.17, 15) is 8.42 Å². The SMILES string of the molecule is O=S(=O)(O)[N]Oc1ccco1. The lowest BCUT2D eigenvalue weighted by Gasteiger charge is -1.93. The number of furan rings is 1. The monoisotopic (exact) mass is 178 g/mol. The van der Waals surface area contributed by atoms with E-state index in [1.807, 2.05) is 0 Å². The van der Waals surface area contributed by atoms with Crippen LogP contribution >= 0.6 is 0 Å². The summed E-state index contributed by atoms with van der Waals surface area (Å²) in [6.07, 6.45) is 1.27. The predicted molar refractivity (Wildman–Crippen MR) is 33.0 cm³/mol. The van der Waals surface area contributed by atoms with Gasteiger partial charge in [0.2, 0.25) is 0 Å². The van der Waals surface area contributed by atoms with Crippen molar-refractivity contribution in [2.24, 2.45) is 0 Å². The van der Waals surface area contributed by atoms with Crippen LogP contribution in [0.15, 0.2) is 22.8 Å². The molecule has 1 rings (SSSR count). The van der Waals surface area contributed by atoms with Gasteiger partial charge in [0.25, 0.3) is 0 Å². The van der Waals surface area contributed by atoms with Gasteiger partial charge < -0.3 is 9.25 Å². The van der Waals surface area contributed by atoms with Gasteiger partial charge in [-0.25, -0.2) is 0 Å². The van der Waals surface area contributed by atoms with E-state index in [1.165, 1.54) is 18.4 Å². The Balaban J connectivity index is 2.48. The summed E-state index contributed by atoms with van der Waals surface area (Å²) in [6.45, 7) is 0. The molecule has 0 fully saturated rings. The molecule has 0 spiro atoms. The molecule has 0 aliphatic heterocycles. The van der Waals surface area contributed by atoms with Crippen molar-refractivity contribution >= 4 is 10.3 Å². The Labute approximate surface area is 62.6 Å². The fourth-order valence-corrected chi connectivity index (χ4v) is 0.567. The molecule has 0 atom stereocenters. The Bertz CT molecular complexity index is 301. The van der Waals surface area contributed by atoms with Crippen LogP contribution < -0.4 is 9.72 Å². The first kappa shape index (κ1) is 8.05. The minimum atomic E-state index is -4.46. The van der Waals surface area contributed by atoms with Gasteiger partial charge in [-0.15, -0.1) is 0 Å². The van der Waals surface area contributed by atoms with Crippen molar-refractivity contribution in [1.29, 1.82) is 0 Å². The van der Waals surface area contributed by atoms with Crippen LogP contribution in [0.4, 0.5) is 0 Å². The minimum Gasteiger partial charge on any atom is -0.433 e. The zero-order chi connectivity index (χ0) is 8.32. The summed E-state index contributed by atoms with van der Waals surface area (Å²) in [4.78, 5) is 6.56. The van der Waals surface area contributed by atoms with Crippen LogP contribution in [0.3, 0.4) is 0 Å². The van der Waals surface area contributed by atoms with Crippen LogP contribution in [0.2, 0.25) is 0 Å². The molecule has 1 heterocycles. The molecule has 7 heteroatoms. The molecule has 1 aromatic heterocycles. The van der Waals surface area contributed by atoms with Crippen LogP contribution in [-0.4, -0.2) is 13.0 Å². The Hall–Kier alpha value is -1.05. The van der Waals surface area contributed by atoms with Crippen LogP contribution in [-0.2, 0) is 10.3 Å². The van der Waals surface area contributed by atoms with Gasteiger partial charge in [0.1, 0.15) is 4.89 Å². The summed E-state index contributed by atoms with van der Waals surface area (Å²) < 4.78 is 32.5. The molecule has 0 saturated heterocycles. The lowest BCUT2D eigenvalue weighted by molar-refractivity contribution is 0.188. The Morgan fingerprint density at radius 2 is 2.36 bits per heavy atom. The standard InChI is InChI=1S/C4H4NO5S/c6-11(7,8)5-10-4-2-1-3-9-4/h1-3H,(H,6,7,8). The lowest BCUT2D eigenvalue weighted by atomic mass is 10.7. The average molecular weight is 178 g/mol. The fraction of sp³-hybridized carbons (Fsp3) is 0. The van der Waals surface area contributed by atoms with Crippen molar-refractivity contribution in [3.8, 4) is 5.95 Å². The molecule has 0 aliphatic carbocycles. The van der Waals surface area contributed by atoms with Gasteiger partial charge in [-0.1, -0.05) is 0 Å². The van der Waals surface area contributed by atoms with Gasteiger partial charge >= 0.3 is 16.3 Å². The molecular formula is C4H4NO5S. The zero-order valence-corrected chi connectivity index (χ0v) is 5.98. The van der Waals surface area contributed by atoms with Crippen molar-refractivity contribution in [1.82, 2.24) is 4.89 Å². The molecule has 1 radical (unpaired) electrons. The van der Waals surface area contributed by atoms with Gasteiger partial charge in [-0.2, -0.15) is 8.42 Å². The average Bonchev–Trinajstić information content (AvgIpc) is 2.32. The van der Waals surface area contributed by atoms with Gasteiger partial charge in [-0.05, 0) is 6.07 Å². The first-order chi connectivity index (χ1) is 5.08. The largest absolute Gasteiger partial charge is 0.433 e. The van der Waals surface area contributed by atoms with Gasteiger partial charge in [0.05, 0.1) is 6.26 Å². The highest BCUT2D eigenvalue weighted by molar-refractivity contribution is 7.83. The van der Waals surface area contributed by atoms with Gasteiger partial charge in [0.15, 0.2) is 0 Å². The van der Waals surface area contributed by atoms with E-state index in [-0.39, 0.29) is 5.95 Å². The first-order valence-corrected chi connectivity index (χ1v) is 3.88. The lowest BCUT2D eigenvalue weighted by Crippen LogP contribution is -2.17. The predicted octanol–water partition coefficient (Wildman–Crippen LogP) is -0.0194. The number of nitrogens with zero attached hydrogens (tertiary/aromatic N) is 1. The number of rotatable bonds is 3. The molecule has 0 saturated carbocycles. The number of hydrogen-bond donors (Lipinski definition) is 1. The van der Waals surface area contributed by atoms with Crippen molar-refractivity contribution in [2.45, 2.75) is 0 Å². The second-order valence-electron chi connectivity index (χ2n) is 1.55. The van der Waals surface area contributed by atoms with Crippen molar-refractivity contribution < 1.29 is 22.2 Å². The quantitative estimate of drug-likeness (QED) is 0.518. The van der Waals surface area contributed by atoms with Crippen LogP contribution in [0.5, 0.6) is 5.95 Å². The highest BCUT2D eigenvalue weighted by atomic mass is 32.2. The molecule has 0 bridgehead atoms. The van der Waals surface area contributed by atoms with Crippen LogP contribution in [0.25, 0.3) is 0 Å². The van der Waals surface area contributed by atoms with Gasteiger partial charge in [-0.3, -0.25) is 4.55 Å². The summed E-state index contributed by atoms with van der Waals surface area (Å²) in [5, 5.41) is 0. The molecule has 0 amide bonds. The third kappa shape index (κ3) is 3.03. The maximum atomic E-state index is 9.95. The first-order valence-electron chi connectivity index (χ1n) is 2.48. The minimum absolute atomic E-state index is 0.109. The van der Waals surface area contributed by atoms with E-state index < -0.39 is 10.3 Å². The van der Waals surface area contributed by atoms with Crippen molar-refractivity contribution in [2.75, 3.05) is 0 Å². The summed E-state index contributed by atoms with van der Waals surface area (Å²) in [5.41, 5.74) is 0. The molecule has 1 N–H and O–H groups in total. The topological polar surface area (TPSA) is 90.8 Å². The van der Waals surface area contributed by atoms with Crippen LogP contribution in [0, 0.1) is 0 Å². The highest BCUT2D eigenvalue weighted by Crippen LogP contribution is 2.08. The van der Waals surface area contributed by atoms with Crippen LogP contribution in [0.1, 0.15) is 0 Å². The van der Waals surface area contributed by atoms with E-state index >= 15 is 0 Å². The smallest absolute Gasteiger partial charge is 0.386 e. The van der Waals surface area contributed by atoms with E-state index in [2.05, 4.69) is 14.1 Å². The molecule has 11 heavy (non-hydrogen) atoms. The summed E-state index contributed by atoms with van der Waals surface area (Å²) >= 11 is 0. The fourth-order valence-electron chi connectivity index (χ4n) is 0.399. The van der Waals surface area contributed by atoms with E-state index in [1.54, 1.807) is 0 Å². The molecule has 6 nitrogen and oxygen atoms in total. The van der Waals surface area contributed by atoms with E-state index in [4.69, 9.17) is 4.55 Å².